The summed E-state index contributed by atoms with van der Waals surface area (Å²) in [6.45, 7) is 4.00. The predicted molar refractivity (Wildman–Crippen MR) is 77.5 cm³/mol. The van der Waals surface area contributed by atoms with E-state index >= 15 is 0 Å². The van der Waals surface area contributed by atoms with E-state index in [-0.39, 0.29) is 24.7 Å². The number of ether oxygens (including phenoxy) is 1. The third kappa shape index (κ3) is 3.15. The molecule has 0 aromatic carbocycles. The van der Waals surface area contributed by atoms with E-state index in [1.807, 2.05) is 0 Å². The molecule has 1 aromatic heterocycles. The number of hydrogen-bond donors (Lipinski definition) is 0. The van der Waals surface area contributed by atoms with Crippen LogP contribution in [0.25, 0.3) is 0 Å². The second-order valence-corrected chi connectivity index (χ2v) is 5.21. The fourth-order valence-corrected chi connectivity index (χ4v) is 2.63. The molecule has 0 saturated carbocycles. The van der Waals surface area contributed by atoms with Gasteiger partial charge in [-0.05, 0) is 26.3 Å². The third-order valence-corrected chi connectivity index (χ3v) is 3.74. The normalized spacial score (nSPS) is 19.0. The van der Waals surface area contributed by atoms with Gasteiger partial charge < -0.3 is 9.64 Å². The van der Waals surface area contributed by atoms with Crippen LogP contribution in [0.2, 0.25) is 0 Å². The molecule has 0 N–H and O–H groups in total. The summed E-state index contributed by atoms with van der Waals surface area (Å²) in [5.41, 5.74) is 0.426. The number of carbonyl (C=O) groups is 1. The topological polar surface area (TPSA) is 85.6 Å². The van der Waals surface area contributed by atoms with Crippen molar-refractivity contribution in [3.63, 3.8) is 0 Å². The van der Waals surface area contributed by atoms with Crippen LogP contribution in [0.4, 0.5) is 15.9 Å². The lowest BCUT2D eigenvalue weighted by Crippen LogP contribution is -2.30. The Morgan fingerprint density at radius 3 is 3.05 bits per heavy atom. The van der Waals surface area contributed by atoms with Crippen LogP contribution in [0.15, 0.2) is 12.3 Å². The van der Waals surface area contributed by atoms with Gasteiger partial charge in [0.25, 0.3) is 0 Å². The van der Waals surface area contributed by atoms with Crippen LogP contribution in [-0.4, -0.2) is 41.7 Å². The summed E-state index contributed by atoms with van der Waals surface area (Å²) in [7, 11) is 0. The maximum Gasteiger partial charge on any atom is 0.341 e. The first-order chi connectivity index (χ1) is 10.5. The molecule has 0 bridgehead atoms. The summed E-state index contributed by atoms with van der Waals surface area (Å²) in [6.07, 6.45) is 0.199. The minimum absolute atomic E-state index is 0.0744. The highest BCUT2D eigenvalue weighted by Crippen LogP contribution is 2.33. The first-order valence-electron chi connectivity index (χ1n) is 7.11. The zero-order valence-corrected chi connectivity index (χ0v) is 12.5. The van der Waals surface area contributed by atoms with Gasteiger partial charge in [0.15, 0.2) is 0 Å². The van der Waals surface area contributed by atoms with Gasteiger partial charge in [0.05, 0.1) is 11.5 Å². The number of alkyl halides is 1. The molecule has 1 aliphatic rings. The molecule has 0 spiro atoms. The van der Waals surface area contributed by atoms with Crippen molar-refractivity contribution >= 4 is 17.5 Å². The quantitative estimate of drug-likeness (QED) is 0.470. The monoisotopic (exact) mass is 311 g/mol. The Hall–Kier alpha value is -2.25. The van der Waals surface area contributed by atoms with E-state index in [2.05, 4.69) is 9.72 Å². The van der Waals surface area contributed by atoms with Crippen LogP contribution < -0.4 is 4.90 Å². The van der Waals surface area contributed by atoms with Crippen LogP contribution in [0.3, 0.4) is 0 Å². The highest BCUT2D eigenvalue weighted by atomic mass is 19.1. The fourth-order valence-electron chi connectivity index (χ4n) is 2.63. The number of pyridine rings is 1. The van der Waals surface area contributed by atoms with Gasteiger partial charge >= 0.3 is 11.7 Å². The van der Waals surface area contributed by atoms with Gasteiger partial charge in [-0.15, -0.1) is 0 Å². The number of nitrogens with zero attached hydrogens (tertiary/aromatic N) is 3. The Morgan fingerprint density at radius 2 is 2.41 bits per heavy atom. The fraction of sp³-hybridized carbons (Fsp3) is 0.571. The van der Waals surface area contributed by atoms with Crippen molar-refractivity contribution in [1.29, 1.82) is 0 Å². The molecule has 1 aromatic rings. The summed E-state index contributed by atoms with van der Waals surface area (Å²) in [5.74, 6) is -1.19. The summed E-state index contributed by atoms with van der Waals surface area (Å²) in [4.78, 5) is 27.9. The molecule has 2 heterocycles. The molecule has 2 rings (SSSR count). The summed E-state index contributed by atoms with van der Waals surface area (Å²) in [6, 6.07) is 1.56. The van der Waals surface area contributed by atoms with Gasteiger partial charge in [-0.3, -0.25) is 10.1 Å². The Kier molecular flexibility index (Phi) is 4.89. The number of anilines is 1. The molecule has 0 amide bonds. The lowest BCUT2D eigenvalue weighted by Gasteiger charge is -2.19. The Bertz CT molecular complexity index is 581. The minimum Gasteiger partial charge on any atom is -0.464 e. The third-order valence-electron chi connectivity index (χ3n) is 3.74. The van der Waals surface area contributed by atoms with E-state index in [4.69, 9.17) is 0 Å². The maximum atomic E-state index is 14.1. The van der Waals surface area contributed by atoms with Gasteiger partial charge in [-0.25, -0.2) is 14.2 Å². The van der Waals surface area contributed by atoms with Crippen LogP contribution in [0.5, 0.6) is 0 Å². The van der Waals surface area contributed by atoms with Gasteiger partial charge in [0.1, 0.15) is 0 Å². The molecule has 1 aliphatic heterocycles. The van der Waals surface area contributed by atoms with E-state index < -0.39 is 23.0 Å². The average molecular weight is 311 g/mol. The lowest BCUT2D eigenvalue weighted by molar-refractivity contribution is -0.384. The zero-order chi connectivity index (χ0) is 16.3. The van der Waals surface area contributed by atoms with Crippen LogP contribution >= 0.6 is 0 Å². The molecular formula is C14H18FN3O4. The first kappa shape index (κ1) is 16.1. The first-order valence-corrected chi connectivity index (χ1v) is 7.11. The van der Waals surface area contributed by atoms with Gasteiger partial charge in [-0.1, -0.05) is 0 Å². The predicted octanol–water partition coefficient (Wildman–Crippen LogP) is 2.03. The van der Waals surface area contributed by atoms with Crippen molar-refractivity contribution in [2.75, 3.05) is 24.6 Å². The van der Waals surface area contributed by atoms with E-state index in [1.165, 1.54) is 6.20 Å². The van der Waals surface area contributed by atoms with E-state index in [0.29, 0.717) is 18.5 Å². The summed E-state index contributed by atoms with van der Waals surface area (Å²) >= 11 is 0. The standard InChI is InChI=1S/C14H18FN3O4/c1-3-22-14(19)11(15)10-5-7-17(8-10)13-12(18(20)21)9(2)4-6-16-13/h4,6,10-11H,3,5,7-8H2,1-2H3/t10-,11+/m1/s1. The number of hydrogen-bond acceptors (Lipinski definition) is 6. The molecule has 0 unspecified atom stereocenters. The molecule has 120 valence electrons. The number of rotatable bonds is 5. The maximum absolute atomic E-state index is 14.1. The highest BCUT2D eigenvalue weighted by Gasteiger charge is 2.37. The molecular weight excluding hydrogens is 293 g/mol. The lowest BCUT2D eigenvalue weighted by atomic mass is 10.0. The molecule has 8 heteroatoms. The molecule has 2 atom stereocenters. The molecule has 22 heavy (non-hydrogen) atoms. The van der Waals surface area contributed by atoms with Crippen molar-refractivity contribution in [2.45, 2.75) is 26.4 Å². The number of carbonyl (C=O) groups excluding carboxylic acids is 1. The Labute approximate surface area is 127 Å². The molecule has 1 fully saturated rings. The molecule has 0 radical (unpaired) electrons. The number of nitro groups is 1. The van der Waals surface area contributed by atoms with E-state index in [1.54, 1.807) is 24.8 Å². The second kappa shape index (κ2) is 6.67. The van der Waals surface area contributed by atoms with Gasteiger partial charge in [0.2, 0.25) is 12.0 Å². The summed E-state index contributed by atoms with van der Waals surface area (Å²) < 4.78 is 18.7. The van der Waals surface area contributed by atoms with Crippen LogP contribution in [0.1, 0.15) is 18.9 Å². The molecule has 7 nitrogen and oxygen atoms in total. The van der Waals surface area contributed by atoms with E-state index in [9.17, 15) is 19.3 Å². The van der Waals surface area contributed by atoms with Crippen molar-refractivity contribution in [3.05, 3.63) is 27.9 Å². The molecule has 1 saturated heterocycles. The van der Waals surface area contributed by atoms with Crippen LogP contribution in [-0.2, 0) is 9.53 Å². The number of esters is 1. The molecule has 0 aliphatic carbocycles. The number of aromatic nitrogens is 1. The van der Waals surface area contributed by atoms with Crippen molar-refractivity contribution in [2.24, 2.45) is 5.92 Å². The Morgan fingerprint density at radius 1 is 1.68 bits per heavy atom. The van der Waals surface area contributed by atoms with Crippen LogP contribution in [0, 0.1) is 23.0 Å². The van der Waals surface area contributed by atoms with E-state index in [0.717, 1.165) is 0 Å². The summed E-state index contributed by atoms with van der Waals surface area (Å²) in [5, 5.41) is 11.2. The highest BCUT2D eigenvalue weighted by molar-refractivity contribution is 5.75. The SMILES string of the molecule is CCOC(=O)[C@@H](F)[C@@H]1CCN(c2nccc(C)c2[N+](=O)[O-])C1. The van der Waals surface area contributed by atoms with Crippen molar-refractivity contribution in [1.82, 2.24) is 4.98 Å². The number of halogens is 1. The average Bonchev–Trinajstić information content (AvgIpc) is 2.95. The second-order valence-electron chi connectivity index (χ2n) is 5.21. The van der Waals surface area contributed by atoms with Gasteiger partial charge in [0, 0.05) is 30.8 Å². The van der Waals surface area contributed by atoms with Crippen molar-refractivity contribution < 1.29 is 18.8 Å². The largest absolute Gasteiger partial charge is 0.464 e. The number of aryl methyl sites for hydroxylation is 1. The Balaban J connectivity index is 2.16. The minimum atomic E-state index is -1.71. The van der Waals surface area contributed by atoms with Gasteiger partial charge in [-0.2, -0.15) is 0 Å². The van der Waals surface area contributed by atoms with Crippen molar-refractivity contribution in [3.8, 4) is 0 Å². The smallest absolute Gasteiger partial charge is 0.341 e. The zero-order valence-electron chi connectivity index (χ0n) is 12.5.